The average molecular weight is 209 g/mol. The standard InChI is InChI=1S/C13H11N3/c14-9-11-5-7-16(8-6-11)13-4-2-1-3-12(13)10-15/h1-5H,6-8H2. The summed E-state index contributed by atoms with van der Waals surface area (Å²) in [6.07, 6.45) is 2.69. The number of benzene rings is 1. The zero-order valence-electron chi connectivity index (χ0n) is 8.85. The number of hydrogen-bond donors (Lipinski definition) is 0. The van der Waals surface area contributed by atoms with E-state index in [9.17, 15) is 0 Å². The lowest BCUT2D eigenvalue weighted by molar-refractivity contribution is 0.801. The molecule has 1 aliphatic heterocycles. The van der Waals surface area contributed by atoms with Gasteiger partial charge in [-0.3, -0.25) is 0 Å². The van der Waals surface area contributed by atoms with E-state index in [0.29, 0.717) is 12.1 Å². The van der Waals surface area contributed by atoms with Crippen LogP contribution < -0.4 is 4.90 Å². The largest absolute Gasteiger partial charge is 0.366 e. The van der Waals surface area contributed by atoms with Gasteiger partial charge in [0.2, 0.25) is 0 Å². The zero-order valence-corrected chi connectivity index (χ0v) is 8.85. The van der Waals surface area contributed by atoms with Crippen LogP contribution in [0.4, 0.5) is 5.69 Å². The van der Waals surface area contributed by atoms with E-state index in [0.717, 1.165) is 24.2 Å². The van der Waals surface area contributed by atoms with Crippen LogP contribution in [0.3, 0.4) is 0 Å². The molecule has 3 heteroatoms. The number of para-hydroxylation sites is 1. The Morgan fingerprint density at radius 1 is 1.12 bits per heavy atom. The molecule has 16 heavy (non-hydrogen) atoms. The Kier molecular flexibility index (Phi) is 2.89. The zero-order chi connectivity index (χ0) is 11.4. The Morgan fingerprint density at radius 3 is 2.56 bits per heavy atom. The van der Waals surface area contributed by atoms with E-state index in [4.69, 9.17) is 10.5 Å². The first-order valence-electron chi connectivity index (χ1n) is 5.18. The smallest absolute Gasteiger partial charge is 0.101 e. The number of nitriles is 2. The fourth-order valence-electron chi connectivity index (χ4n) is 1.83. The first-order valence-corrected chi connectivity index (χ1v) is 5.18. The molecule has 0 radical (unpaired) electrons. The van der Waals surface area contributed by atoms with Gasteiger partial charge in [-0.1, -0.05) is 18.2 Å². The van der Waals surface area contributed by atoms with Crippen molar-refractivity contribution < 1.29 is 0 Å². The highest BCUT2D eigenvalue weighted by atomic mass is 15.1. The number of anilines is 1. The highest BCUT2D eigenvalue weighted by molar-refractivity contribution is 5.60. The van der Waals surface area contributed by atoms with Crippen LogP contribution in [0.25, 0.3) is 0 Å². The van der Waals surface area contributed by atoms with Gasteiger partial charge in [0.15, 0.2) is 0 Å². The van der Waals surface area contributed by atoms with E-state index in [1.165, 1.54) is 0 Å². The van der Waals surface area contributed by atoms with Crippen molar-refractivity contribution in [1.29, 1.82) is 10.5 Å². The summed E-state index contributed by atoms with van der Waals surface area (Å²) in [4.78, 5) is 2.12. The van der Waals surface area contributed by atoms with Crippen molar-refractivity contribution in [3.63, 3.8) is 0 Å². The van der Waals surface area contributed by atoms with Gasteiger partial charge in [-0.15, -0.1) is 0 Å². The van der Waals surface area contributed by atoms with Gasteiger partial charge in [0, 0.05) is 18.7 Å². The van der Waals surface area contributed by atoms with Crippen molar-refractivity contribution in [2.75, 3.05) is 18.0 Å². The summed E-state index contributed by atoms with van der Waals surface area (Å²) >= 11 is 0. The lowest BCUT2D eigenvalue weighted by atomic mass is 10.1. The fraction of sp³-hybridized carbons (Fsp3) is 0.231. The molecule has 78 valence electrons. The summed E-state index contributed by atoms with van der Waals surface area (Å²) in [5.74, 6) is 0. The quantitative estimate of drug-likeness (QED) is 0.712. The van der Waals surface area contributed by atoms with E-state index in [2.05, 4.69) is 17.0 Å². The summed E-state index contributed by atoms with van der Waals surface area (Å²) in [6.45, 7) is 1.51. The molecule has 0 saturated carbocycles. The third kappa shape index (κ3) is 1.89. The van der Waals surface area contributed by atoms with Crippen LogP contribution in [0.2, 0.25) is 0 Å². The SMILES string of the molecule is N#CC1=CCN(c2ccccc2C#N)CC1. The van der Waals surface area contributed by atoms with E-state index >= 15 is 0 Å². The number of nitrogens with zero attached hydrogens (tertiary/aromatic N) is 3. The van der Waals surface area contributed by atoms with Gasteiger partial charge in [-0.05, 0) is 18.6 Å². The van der Waals surface area contributed by atoms with Gasteiger partial charge in [-0.25, -0.2) is 0 Å². The third-order valence-corrected chi connectivity index (χ3v) is 2.72. The Balaban J connectivity index is 2.25. The van der Waals surface area contributed by atoms with Gasteiger partial charge in [0.05, 0.1) is 17.3 Å². The molecule has 0 atom stereocenters. The maximum Gasteiger partial charge on any atom is 0.101 e. The molecular formula is C13H11N3. The van der Waals surface area contributed by atoms with Gasteiger partial charge >= 0.3 is 0 Å². The maximum absolute atomic E-state index is 9.00. The second-order valence-corrected chi connectivity index (χ2v) is 3.67. The lowest BCUT2D eigenvalue weighted by Crippen LogP contribution is -2.28. The molecule has 1 aliphatic rings. The highest BCUT2D eigenvalue weighted by Gasteiger charge is 2.14. The summed E-state index contributed by atoms with van der Waals surface area (Å²) in [5, 5.41) is 17.8. The monoisotopic (exact) mass is 209 g/mol. The Labute approximate surface area is 94.8 Å². The molecule has 0 amide bonds. The van der Waals surface area contributed by atoms with Crippen LogP contribution >= 0.6 is 0 Å². The molecule has 0 fully saturated rings. The molecule has 0 aliphatic carbocycles. The predicted molar refractivity (Wildman–Crippen MR) is 61.7 cm³/mol. The number of rotatable bonds is 1. The predicted octanol–water partition coefficient (Wildman–Crippen LogP) is 2.22. The minimum Gasteiger partial charge on any atom is -0.366 e. The summed E-state index contributed by atoms with van der Waals surface area (Å²) < 4.78 is 0. The third-order valence-electron chi connectivity index (χ3n) is 2.72. The van der Waals surface area contributed by atoms with Gasteiger partial charge in [0.25, 0.3) is 0 Å². The van der Waals surface area contributed by atoms with Crippen LogP contribution in [-0.4, -0.2) is 13.1 Å². The van der Waals surface area contributed by atoms with Crippen molar-refractivity contribution in [3.8, 4) is 12.1 Å². The van der Waals surface area contributed by atoms with Crippen LogP contribution in [0.5, 0.6) is 0 Å². The second kappa shape index (κ2) is 4.51. The van der Waals surface area contributed by atoms with E-state index < -0.39 is 0 Å². The van der Waals surface area contributed by atoms with Gasteiger partial charge in [-0.2, -0.15) is 10.5 Å². The van der Waals surface area contributed by atoms with E-state index in [1.54, 1.807) is 0 Å². The Hall–Kier alpha value is -2.26. The molecule has 1 heterocycles. The Bertz CT molecular complexity index is 503. The first kappa shape index (κ1) is 10.3. The molecule has 0 unspecified atom stereocenters. The van der Waals surface area contributed by atoms with Crippen molar-refractivity contribution >= 4 is 5.69 Å². The average Bonchev–Trinajstić information content (AvgIpc) is 2.39. The molecule has 0 aromatic heterocycles. The maximum atomic E-state index is 9.00. The second-order valence-electron chi connectivity index (χ2n) is 3.67. The number of hydrogen-bond acceptors (Lipinski definition) is 3. The molecule has 0 saturated heterocycles. The van der Waals surface area contributed by atoms with Crippen LogP contribution in [0.15, 0.2) is 35.9 Å². The summed E-state index contributed by atoms with van der Waals surface area (Å²) in [6, 6.07) is 11.9. The van der Waals surface area contributed by atoms with Crippen molar-refractivity contribution in [3.05, 3.63) is 41.5 Å². The summed E-state index contributed by atoms with van der Waals surface area (Å²) in [7, 11) is 0. The first-order chi connectivity index (χ1) is 7.85. The van der Waals surface area contributed by atoms with Crippen molar-refractivity contribution in [2.24, 2.45) is 0 Å². The molecule has 0 N–H and O–H groups in total. The molecule has 2 rings (SSSR count). The summed E-state index contributed by atoms with van der Waals surface area (Å²) in [5.41, 5.74) is 2.49. The molecule has 0 bridgehead atoms. The molecule has 1 aromatic carbocycles. The molecule has 0 spiro atoms. The lowest BCUT2D eigenvalue weighted by Gasteiger charge is -2.27. The fourth-order valence-corrected chi connectivity index (χ4v) is 1.83. The van der Waals surface area contributed by atoms with Gasteiger partial charge in [0.1, 0.15) is 6.07 Å². The minimum atomic E-state index is 0.691. The normalized spacial score (nSPS) is 14.9. The van der Waals surface area contributed by atoms with E-state index in [1.807, 2.05) is 30.3 Å². The highest BCUT2D eigenvalue weighted by Crippen LogP contribution is 2.22. The molecular weight excluding hydrogens is 198 g/mol. The molecule has 3 nitrogen and oxygen atoms in total. The Morgan fingerprint density at radius 2 is 1.94 bits per heavy atom. The van der Waals surface area contributed by atoms with Crippen LogP contribution in [0, 0.1) is 22.7 Å². The minimum absolute atomic E-state index is 0.691. The van der Waals surface area contributed by atoms with Crippen LogP contribution in [-0.2, 0) is 0 Å². The topological polar surface area (TPSA) is 50.8 Å². The van der Waals surface area contributed by atoms with Crippen LogP contribution in [0.1, 0.15) is 12.0 Å². The van der Waals surface area contributed by atoms with Crippen molar-refractivity contribution in [2.45, 2.75) is 6.42 Å². The van der Waals surface area contributed by atoms with Gasteiger partial charge < -0.3 is 4.90 Å². The van der Waals surface area contributed by atoms with E-state index in [-0.39, 0.29) is 0 Å². The molecule has 1 aromatic rings. The van der Waals surface area contributed by atoms with Crippen molar-refractivity contribution in [1.82, 2.24) is 0 Å².